The molecule has 0 radical (unpaired) electrons. The van der Waals surface area contributed by atoms with Crippen LogP contribution < -0.4 is 19.1 Å². The normalized spacial score (nSPS) is 14.4. The van der Waals surface area contributed by atoms with Gasteiger partial charge in [0, 0.05) is 24.8 Å². The van der Waals surface area contributed by atoms with E-state index in [1.54, 1.807) is 14.2 Å². The minimum atomic E-state index is 0.488. The molecule has 5 rings (SSSR count). The molecule has 1 atom stereocenters. The fourth-order valence-electron chi connectivity index (χ4n) is 5.60. The molecule has 0 saturated carbocycles. The van der Waals surface area contributed by atoms with E-state index < -0.39 is 0 Å². The van der Waals surface area contributed by atoms with Crippen LogP contribution >= 0.6 is 0 Å². The molecule has 1 unspecified atom stereocenters. The Morgan fingerprint density at radius 3 is 2.21 bits per heavy atom. The summed E-state index contributed by atoms with van der Waals surface area (Å²) in [4.78, 5) is 2.50. The summed E-state index contributed by atoms with van der Waals surface area (Å²) in [6.07, 6.45) is 4.24. The highest BCUT2D eigenvalue weighted by molar-refractivity contribution is 5.59. The third kappa shape index (κ3) is 6.57. The van der Waals surface area contributed by atoms with E-state index >= 15 is 0 Å². The summed E-state index contributed by atoms with van der Waals surface area (Å²) in [5.41, 5.74) is 8.06. The number of likely N-dealkylation sites (N-methyl/N-ethyl adjacent to an activating group) is 1. The molecular formula is C35H39NO3. The van der Waals surface area contributed by atoms with Crippen LogP contribution in [-0.4, -0.2) is 27.3 Å². The molecule has 202 valence electrons. The van der Waals surface area contributed by atoms with Gasteiger partial charge in [-0.1, -0.05) is 54.6 Å². The standard InChI is InChI=1S/C35H39NO3/c1-4-36(21-20-26-10-15-31(16-11-26)39-25-27-8-6-5-7-9-27)35-24-33(38-3)18-19-34(35)30-13-12-29-23-32(37-2)17-14-28(29)22-30/h5-11,14-19,23-24,30H,4,12-13,20-22,25H2,1-3H3. The quantitative estimate of drug-likeness (QED) is 0.203. The number of hydrogen-bond donors (Lipinski definition) is 0. The molecule has 0 aromatic heterocycles. The molecular weight excluding hydrogens is 482 g/mol. The minimum Gasteiger partial charge on any atom is -0.497 e. The molecule has 0 bridgehead atoms. The molecule has 1 aliphatic rings. The summed E-state index contributed by atoms with van der Waals surface area (Å²) >= 11 is 0. The van der Waals surface area contributed by atoms with Crippen molar-refractivity contribution in [3.8, 4) is 17.2 Å². The van der Waals surface area contributed by atoms with E-state index in [0.29, 0.717) is 12.5 Å². The molecule has 4 heteroatoms. The highest BCUT2D eigenvalue weighted by atomic mass is 16.5. The van der Waals surface area contributed by atoms with Crippen molar-refractivity contribution < 1.29 is 14.2 Å². The number of fused-ring (bicyclic) bond motifs is 1. The van der Waals surface area contributed by atoms with Crippen molar-refractivity contribution in [2.45, 2.75) is 45.1 Å². The second-order valence-corrected chi connectivity index (χ2v) is 10.2. The molecule has 0 saturated heterocycles. The predicted molar refractivity (Wildman–Crippen MR) is 160 cm³/mol. The van der Waals surface area contributed by atoms with Gasteiger partial charge in [0.25, 0.3) is 0 Å². The number of nitrogens with zero attached hydrogens (tertiary/aromatic N) is 1. The Balaban J connectivity index is 1.27. The van der Waals surface area contributed by atoms with Crippen LogP contribution in [0.1, 0.15) is 47.1 Å². The summed E-state index contributed by atoms with van der Waals surface area (Å²) in [6.45, 7) is 4.72. The number of methoxy groups -OCH3 is 2. The first-order valence-corrected chi connectivity index (χ1v) is 14.0. The molecule has 0 fully saturated rings. The Bertz CT molecular complexity index is 1350. The monoisotopic (exact) mass is 521 g/mol. The van der Waals surface area contributed by atoms with Gasteiger partial charge in [0.2, 0.25) is 0 Å². The van der Waals surface area contributed by atoms with Crippen molar-refractivity contribution in [1.82, 2.24) is 0 Å². The Kier molecular flexibility index (Phi) is 8.72. The number of ether oxygens (including phenoxy) is 3. The highest BCUT2D eigenvalue weighted by Crippen LogP contribution is 2.40. The SMILES string of the molecule is CCN(CCc1ccc(OCc2ccccc2)cc1)c1cc(OC)ccc1C1CCc2cc(OC)ccc2C1. The van der Waals surface area contributed by atoms with Crippen LogP contribution in [0.5, 0.6) is 17.2 Å². The Morgan fingerprint density at radius 1 is 0.744 bits per heavy atom. The van der Waals surface area contributed by atoms with Crippen molar-refractivity contribution in [3.05, 3.63) is 119 Å². The molecule has 4 aromatic carbocycles. The topological polar surface area (TPSA) is 30.9 Å². The fourth-order valence-corrected chi connectivity index (χ4v) is 5.60. The van der Waals surface area contributed by atoms with E-state index in [1.165, 1.54) is 33.5 Å². The summed E-state index contributed by atoms with van der Waals surface area (Å²) in [5.74, 6) is 3.25. The Hall–Kier alpha value is -3.92. The lowest BCUT2D eigenvalue weighted by molar-refractivity contribution is 0.306. The molecule has 0 spiro atoms. The van der Waals surface area contributed by atoms with E-state index in [1.807, 2.05) is 18.2 Å². The smallest absolute Gasteiger partial charge is 0.120 e. The maximum atomic E-state index is 5.98. The number of benzene rings is 4. The van der Waals surface area contributed by atoms with Crippen molar-refractivity contribution in [2.75, 3.05) is 32.2 Å². The number of anilines is 1. The van der Waals surface area contributed by atoms with Crippen LogP contribution in [0, 0.1) is 0 Å². The van der Waals surface area contributed by atoms with Crippen LogP contribution in [0.3, 0.4) is 0 Å². The zero-order chi connectivity index (χ0) is 27.0. The zero-order valence-electron chi connectivity index (χ0n) is 23.4. The van der Waals surface area contributed by atoms with Crippen molar-refractivity contribution in [1.29, 1.82) is 0 Å². The lowest BCUT2D eigenvalue weighted by atomic mass is 9.79. The van der Waals surface area contributed by atoms with Gasteiger partial charge in [-0.3, -0.25) is 0 Å². The van der Waals surface area contributed by atoms with Gasteiger partial charge in [0.15, 0.2) is 0 Å². The molecule has 39 heavy (non-hydrogen) atoms. The maximum Gasteiger partial charge on any atom is 0.120 e. The van der Waals surface area contributed by atoms with Crippen LogP contribution in [0.4, 0.5) is 5.69 Å². The largest absolute Gasteiger partial charge is 0.497 e. The molecule has 4 nitrogen and oxygen atoms in total. The average molecular weight is 522 g/mol. The number of aryl methyl sites for hydroxylation is 1. The third-order valence-corrected chi connectivity index (χ3v) is 7.88. The summed E-state index contributed by atoms with van der Waals surface area (Å²) in [7, 11) is 3.49. The van der Waals surface area contributed by atoms with E-state index in [0.717, 1.165) is 56.0 Å². The van der Waals surface area contributed by atoms with E-state index in [9.17, 15) is 0 Å². The van der Waals surface area contributed by atoms with Gasteiger partial charge >= 0.3 is 0 Å². The van der Waals surface area contributed by atoms with E-state index in [2.05, 4.69) is 84.6 Å². The number of hydrogen-bond acceptors (Lipinski definition) is 4. The molecule has 0 aliphatic heterocycles. The van der Waals surface area contributed by atoms with Gasteiger partial charge in [-0.05, 0) is 96.7 Å². The lowest BCUT2D eigenvalue weighted by Crippen LogP contribution is -2.27. The first-order valence-electron chi connectivity index (χ1n) is 14.0. The van der Waals surface area contributed by atoms with Gasteiger partial charge in [-0.15, -0.1) is 0 Å². The maximum absolute atomic E-state index is 5.98. The zero-order valence-corrected chi connectivity index (χ0v) is 23.4. The van der Waals surface area contributed by atoms with Crippen LogP contribution in [0.15, 0.2) is 91.0 Å². The lowest BCUT2D eigenvalue weighted by Gasteiger charge is -2.32. The van der Waals surface area contributed by atoms with Crippen molar-refractivity contribution >= 4 is 5.69 Å². The van der Waals surface area contributed by atoms with Crippen LogP contribution in [0.2, 0.25) is 0 Å². The van der Waals surface area contributed by atoms with Crippen LogP contribution in [-0.2, 0) is 25.9 Å². The minimum absolute atomic E-state index is 0.488. The summed E-state index contributed by atoms with van der Waals surface area (Å²) < 4.78 is 17.1. The molecule has 0 heterocycles. The van der Waals surface area contributed by atoms with Gasteiger partial charge in [-0.2, -0.15) is 0 Å². The van der Waals surface area contributed by atoms with Crippen molar-refractivity contribution in [2.24, 2.45) is 0 Å². The Labute approximate surface area is 233 Å². The fraction of sp³-hybridized carbons (Fsp3) is 0.314. The average Bonchev–Trinajstić information content (AvgIpc) is 3.00. The molecule has 4 aromatic rings. The summed E-state index contributed by atoms with van der Waals surface area (Å²) in [6, 6.07) is 32.0. The Morgan fingerprint density at radius 2 is 1.46 bits per heavy atom. The van der Waals surface area contributed by atoms with E-state index in [-0.39, 0.29) is 0 Å². The van der Waals surface area contributed by atoms with Gasteiger partial charge in [-0.25, -0.2) is 0 Å². The second kappa shape index (κ2) is 12.8. The second-order valence-electron chi connectivity index (χ2n) is 10.2. The predicted octanol–water partition coefficient (Wildman–Crippen LogP) is 7.62. The van der Waals surface area contributed by atoms with Crippen LogP contribution in [0.25, 0.3) is 0 Å². The van der Waals surface area contributed by atoms with Gasteiger partial charge < -0.3 is 19.1 Å². The number of rotatable bonds is 11. The molecule has 0 amide bonds. The van der Waals surface area contributed by atoms with Gasteiger partial charge in [0.05, 0.1) is 14.2 Å². The molecule has 0 N–H and O–H groups in total. The van der Waals surface area contributed by atoms with E-state index in [4.69, 9.17) is 14.2 Å². The third-order valence-electron chi connectivity index (χ3n) is 7.88. The summed E-state index contributed by atoms with van der Waals surface area (Å²) in [5, 5.41) is 0. The van der Waals surface area contributed by atoms with Crippen molar-refractivity contribution in [3.63, 3.8) is 0 Å². The highest BCUT2D eigenvalue weighted by Gasteiger charge is 2.24. The van der Waals surface area contributed by atoms with Gasteiger partial charge in [0.1, 0.15) is 23.9 Å². The first-order chi connectivity index (χ1) is 19.2. The first kappa shape index (κ1) is 26.7. The molecule has 1 aliphatic carbocycles.